The molecule has 0 spiro atoms. The molecule has 134 valence electrons. The van der Waals surface area contributed by atoms with Crippen LogP contribution in [-0.2, 0) is 4.79 Å². The summed E-state index contributed by atoms with van der Waals surface area (Å²) in [5, 5.41) is 1.83. The molecule has 0 saturated heterocycles. The number of nitrogens with one attached hydrogen (secondary N) is 1. The molecule has 1 aromatic heterocycles. The molecule has 0 saturated carbocycles. The number of rotatable bonds is 3. The average Bonchev–Trinajstić information content (AvgIpc) is 2.85. The lowest BCUT2D eigenvalue weighted by Crippen LogP contribution is -2.37. The smallest absolute Gasteiger partial charge is 0.263 e. The Labute approximate surface area is 171 Å². The summed E-state index contributed by atoms with van der Waals surface area (Å²) in [7, 11) is 0. The molecule has 0 bridgehead atoms. The standard InChI is InChI=1S/C15H6Cl5N3O3/c16-9-7-8(10(17)12(19)11(9)18)15(26)23(14(7)25)4-6(24)22-5-2-1-3-21-13(5)20/h1-3H,4H2,(H,22,24). The lowest BCUT2D eigenvalue weighted by molar-refractivity contribution is -0.116. The average molecular weight is 453 g/mol. The minimum absolute atomic E-state index is 0.0628. The Morgan fingerprint density at radius 3 is 2.00 bits per heavy atom. The van der Waals surface area contributed by atoms with Crippen molar-refractivity contribution in [3.05, 3.63) is 54.7 Å². The Kier molecular flexibility index (Phi) is 5.33. The van der Waals surface area contributed by atoms with Crippen molar-refractivity contribution in [3.8, 4) is 0 Å². The fourth-order valence-electron chi connectivity index (χ4n) is 2.35. The van der Waals surface area contributed by atoms with E-state index >= 15 is 0 Å². The van der Waals surface area contributed by atoms with Crippen LogP contribution in [0.25, 0.3) is 0 Å². The second-order valence-corrected chi connectivity index (χ2v) is 6.96. The summed E-state index contributed by atoms with van der Waals surface area (Å²) in [6.07, 6.45) is 1.44. The van der Waals surface area contributed by atoms with E-state index in [-0.39, 0.29) is 42.1 Å². The maximum atomic E-state index is 12.5. The molecule has 2 heterocycles. The summed E-state index contributed by atoms with van der Waals surface area (Å²) in [6.45, 7) is -0.584. The van der Waals surface area contributed by atoms with Gasteiger partial charge in [0.2, 0.25) is 5.91 Å². The second-order valence-electron chi connectivity index (χ2n) is 5.09. The third-order valence-electron chi connectivity index (χ3n) is 3.52. The summed E-state index contributed by atoms with van der Waals surface area (Å²) >= 11 is 29.8. The van der Waals surface area contributed by atoms with Gasteiger partial charge in [-0.05, 0) is 12.1 Å². The summed E-state index contributed by atoms with van der Waals surface area (Å²) in [6, 6.07) is 3.08. The number of aromatic nitrogens is 1. The zero-order valence-corrected chi connectivity index (χ0v) is 16.2. The highest BCUT2D eigenvalue weighted by atomic mass is 35.5. The van der Waals surface area contributed by atoms with E-state index in [0.29, 0.717) is 4.90 Å². The third-order valence-corrected chi connectivity index (χ3v) is 5.62. The topological polar surface area (TPSA) is 79.4 Å². The first kappa shape index (κ1) is 19.2. The number of anilines is 1. The maximum Gasteiger partial charge on any atom is 0.263 e. The molecule has 3 rings (SSSR count). The van der Waals surface area contributed by atoms with E-state index in [0.717, 1.165) is 0 Å². The van der Waals surface area contributed by atoms with Crippen LogP contribution < -0.4 is 5.32 Å². The number of benzene rings is 1. The van der Waals surface area contributed by atoms with Crippen LogP contribution in [0.5, 0.6) is 0 Å². The molecular formula is C15H6Cl5N3O3. The molecule has 2 aromatic rings. The molecule has 0 aliphatic carbocycles. The van der Waals surface area contributed by atoms with E-state index in [1.54, 1.807) is 6.07 Å². The normalized spacial score (nSPS) is 13.2. The van der Waals surface area contributed by atoms with Crippen molar-refractivity contribution in [3.63, 3.8) is 0 Å². The summed E-state index contributed by atoms with van der Waals surface area (Å²) < 4.78 is 0. The van der Waals surface area contributed by atoms with E-state index in [1.165, 1.54) is 12.3 Å². The molecule has 0 atom stereocenters. The van der Waals surface area contributed by atoms with Crippen molar-refractivity contribution in [1.82, 2.24) is 9.88 Å². The van der Waals surface area contributed by atoms with Crippen molar-refractivity contribution in [2.45, 2.75) is 0 Å². The predicted octanol–water partition coefficient (Wildman–Crippen LogP) is 4.58. The fraction of sp³-hybridized carbons (Fsp3) is 0.0667. The number of amides is 3. The first-order valence-corrected chi connectivity index (χ1v) is 8.75. The molecule has 11 heteroatoms. The van der Waals surface area contributed by atoms with Crippen LogP contribution in [0.4, 0.5) is 5.69 Å². The molecule has 1 aliphatic rings. The quantitative estimate of drug-likeness (QED) is 0.319. The lowest BCUT2D eigenvalue weighted by atomic mass is 10.1. The molecule has 26 heavy (non-hydrogen) atoms. The Morgan fingerprint density at radius 2 is 1.50 bits per heavy atom. The van der Waals surface area contributed by atoms with Gasteiger partial charge in [0.25, 0.3) is 11.8 Å². The Morgan fingerprint density at radius 1 is 0.962 bits per heavy atom. The Balaban J connectivity index is 1.89. The van der Waals surface area contributed by atoms with Crippen molar-refractivity contribution in [1.29, 1.82) is 0 Å². The minimum Gasteiger partial charge on any atom is -0.322 e. The number of carbonyl (C=O) groups excluding carboxylic acids is 3. The Hall–Kier alpha value is -1.57. The van der Waals surface area contributed by atoms with Gasteiger partial charge in [-0.1, -0.05) is 58.0 Å². The number of nitrogens with zero attached hydrogens (tertiary/aromatic N) is 2. The van der Waals surface area contributed by atoms with Gasteiger partial charge in [0.15, 0.2) is 5.15 Å². The van der Waals surface area contributed by atoms with Gasteiger partial charge in [-0.3, -0.25) is 19.3 Å². The van der Waals surface area contributed by atoms with Crippen molar-refractivity contribution in [2.24, 2.45) is 0 Å². The molecule has 1 N–H and O–H groups in total. The predicted molar refractivity (Wildman–Crippen MR) is 99.7 cm³/mol. The monoisotopic (exact) mass is 451 g/mol. The third kappa shape index (κ3) is 3.12. The van der Waals surface area contributed by atoms with Gasteiger partial charge in [-0.2, -0.15) is 0 Å². The van der Waals surface area contributed by atoms with Crippen LogP contribution in [0, 0.1) is 0 Å². The van der Waals surface area contributed by atoms with E-state index < -0.39 is 24.3 Å². The molecule has 6 nitrogen and oxygen atoms in total. The summed E-state index contributed by atoms with van der Waals surface area (Å²) in [5.41, 5.74) is -0.149. The van der Waals surface area contributed by atoms with Crippen LogP contribution >= 0.6 is 58.0 Å². The number of pyridine rings is 1. The number of imide groups is 1. The highest BCUT2D eigenvalue weighted by Crippen LogP contribution is 2.44. The van der Waals surface area contributed by atoms with Gasteiger partial charge in [0, 0.05) is 6.20 Å². The molecule has 0 radical (unpaired) electrons. The highest BCUT2D eigenvalue weighted by Gasteiger charge is 2.42. The summed E-state index contributed by atoms with van der Waals surface area (Å²) in [5.74, 6) is -2.27. The molecule has 1 aliphatic heterocycles. The Bertz CT molecular complexity index is 932. The van der Waals surface area contributed by atoms with E-state index in [1.807, 2.05) is 0 Å². The fourth-order valence-corrected chi connectivity index (χ4v) is 3.53. The molecular weight excluding hydrogens is 447 g/mol. The van der Waals surface area contributed by atoms with Gasteiger partial charge in [-0.15, -0.1) is 0 Å². The van der Waals surface area contributed by atoms with E-state index in [9.17, 15) is 14.4 Å². The van der Waals surface area contributed by atoms with Crippen molar-refractivity contribution in [2.75, 3.05) is 11.9 Å². The number of carbonyl (C=O) groups is 3. The zero-order valence-electron chi connectivity index (χ0n) is 12.4. The van der Waals surface area contributed by atoms with Gasteiger partial charge >= 0.3 is 0 Å². The number of fused-ring (bicyclic) bond motifs is 1. The SMILES string of the molecule is O=C(CN1C(=O)c2c(Cl)c(Cl)c(Cl)c(Cl)c2C1=O)Nc1cccnc1Cl. The van der Waals surface area contributed by atoms with Gasteiger partial charge in [-0.25, -0.2) is 4.98 Å². The van der Waals surface area contributed by atoms with Crippen LogP contribution in [0.15, 0.2) is 18.3 Å². The number of hydrogen-bond acceptors (Lipinski definition) is 4. The van der Waals surface area contributed by atoms with Gasteiger partial charge in [0.1, 0.15) is 6.54 Å². The van der Waals surface area contributed by atoms with E-state index in [2.05, 4.69) is 10.3 Å². The van der Waals surface area contributed by atoms with E-state index in [4.69, 9.17) is 58.0 Å². The number of hydrogen-bond donors (Lipinski definition) is 1. The molecule has 1 aromatic carbocycles. The number of halogens is 5. The zero-order chi connectivity index (χ0) is 19.2. The van der Waals surface area contributed by atoms with Crippen molar-refractivity contribution < 1.29 is 14.4 Å². The maximum absolute atomic E-state index is 12.5. The largest absolute Gasteiger partial charge is 0.322 e. The lowest BCUT2D eigenvalue weighted by Gasteiger charge is -2.14. The van der Waals surface area contributed by atoms with Gasteiger partial charge in [0.05, 0.1) is 36.9 Å². The second kappa shape index (κ2) is 7.21. The minimum atomic E-state index is -0.803. The first-order valence-electron chi connectivity index (χ1n) is 6.86. The molecule has 3 amide bonds. The van der Waals surface area contributed by atoms with Crippen LogP contribution in [0.1, 0.15) is 20.7 Å². The molecule has 0 unspecified atom stereocenters. The first-order chi connectivity index (χ1) is 12.2. The van der Waals surface area contributed by atoms with Crippen LogP contribution in [-0.4, -0.2) is 34.2 Å². The highest BCUT2D eigenvalue weighted by molar-refractivity contribution is 6.55. The molecule has 0 fully saturated rings. The summed E-state index contributed by atoms with van der Waals surface area (Å²) in [4.78, 5) is 41.8. The van der Waals surface area contributed by atoms with Gasteiger partial charge < -0.3 is 5.32 Å². The van der Waals surface area contributed by atoms with Crippen LogP contribution in [0.3, 0.4) is 0 Å². The van der Waals surface area contributed by atoms with Crippen molar-refractivity contribution >= 4 is 81.4 Å². The van der Waals surface area contributed by atoms with Crippen LogP contribution in [0.2, 0.25) is 25.2 Å².